The summed E-state index contributed by atoms with van der Waals surface area (Å²) in [5, 5.41) is 10.5. The summed E-state index contributed by atoms with van der Waals surface area (Å²) in [6.07, 6.45) is 65.5. The molecular formula is C104H196N4Na2O22P2. The van der Waals surface area contributed by atoms with Gasteiger partial charge in [0.1, 0.15) is 30.8 Å². The van der Waals surface area contributed by atoms with E-state index in [1.54, 1.807) is 0 Å². The molecule has 0 fully saturated rings. The Morgan fingerprint density at radius 2 is 0.507 bits per heavy atom. The Morgan fingerprint density at radius 3 is 0.769 bits per heavy atom. The third-order valence-corrected chi connectivity index (χ3v) is 24.1. The first-order chi connectivity index (χ1) is 62.6. The van der Waals surface area contributed by atoms with Gasteiger partial charge in [0.25, 0.3) is 15.6 Å². The molecule has 0 aromatic carbocycles. The van der Waals surface area contributed by atoms with Gasteiger partial charge in [0.2, 0.25) is 23.6 Å². The van der Waals surface area contributed by atoms with Crippen molar-refractivity contribution in [3.63, 3.8) is 0 Å². The molecule has 0 aromatic heterocycles. The summed E-state index contributed by atoms with van der Waals surface area (Å²) in [6, 6.07) is -2.11. The Hall–Kier alpha value is -3.14. The summed E-state index contributed by atoms with van der Waals surface area (Å²) in [4.78, 5) is 133. The number of ether oxygens (including phenoxy) is 6. The van der Waals surface area contributed by atoms with E-state index >= 15 is 0 Å². The molecule has 8 atom stereocenters. The Labute approximate surface area is 861 Å². The fourth-order valence-corrected chi connectivity index (χ4v) is 16.0. The SMILES string of the molecule is C.C.C.CCCCCC/C=C\CCCC(=O)O[C@H](CCCCCCC)CCOCC(COP(=O)([O-])OCCNC(=O)CC(=O)NCCOP(=O)([O-])OCC(COCC[C@@H](CCCCCCC)OC(=O)CCC/C=C\CCCCCC)NC(=O)C[C@@H](CCCCCCC)OC(=O)CCC/C=C\CCCCCC)NC(=O)C[C@@H](CCCCCCC)OC(=O)CCC/C=C\CCCCCC.[Na+].[Na+]. The van der Waals surface area contributed by atoms with Crippen LogP contribution in [0.5, 0.6) is 0 Å². The molecular weight excluding hydrogens is 1770 g/mol. The van der Waals surface area contributed by atoms with Gasteiger partial charge < -0.3 is 77.6 Å². The van der Waals surface area contributed by atoms with Crippen LogP contribution in [0.15, 0.2) is 48.6 Å². The monoisotopic (exact) mass is 1960 g/mol. The van der Waals surface area contributed by atoms with Gasteiger partial charge in [0.15, 0.2) is 0 Å². The van der Waals surface area contributed by atoms with E-state index in [2.05, 4.69) is 125 Å². The van der Waals surface area contributed by atoms with E-state index in [0.717, 1.165) is 205 Å². The number of phosphoric ester groups is 2. The average molecular weight is 1960 g/mol. The quantitative estimate of drug-likeness (QED) is 0.00835. The van der Waals surface area contributed by atoms with Gasteiger partial charge in [-0.3, -0.25) is 47.5 Å². The predicted octanol–water partition coefficient (Wildman–Crippen LogP) is 19.0. The van der Waals surface area contributed by atoms with Gasteiger partial charge in [-0.25, -0.2) is 0 Å². The van der Waals surface area contributed by atoms with E-state index in [4.69, 9.17) is 46.5 Å². The number of carbonyl (C=O) groups is 8. The largest absolute Gasteiger partial charge is 1.00 e. The molecule has 0 rings (SSSR count). The summed E-state index contributed by atoms with van der Waals surface area (Å²) in [6.45, 7) is 13.8. The third-order valence-electron chi connectivity index (χ3n) is 22.2. The first-order valence-electron chi connectivity index (χ1n) is 51.4. The number of hydrogen-bond donors (Lipinski definition) is 4. The number of rotatable bonds is 96. The van der Waals surface area contributed by atoms with Gasteiger partial charge in [-0.15, -0.1) is 0 Å². The van der Waals surface area contributed by atoms with E-state index in [1.165, 1.54) is 77.0 Å². The van der Waals surface area contributed by atoms with Crippen LogP contribution in [0.3, 0.4) is 0 Å². The van der Waals surface area contributed by atoms with Gasteiger partial charge >= 0.3 is 83.0 Å². The molecule has 0 saturated heterocycles. The molecule has 0 spiro atoms. The van der Waals surface area contributed by atoms with E-state index in [1.807, 2.05) is 0 Å². The molecule has 26 nitrogen and oxygen atoms in total. The molecule has 4 unspecified atom stereocenters. The van der Waals surface area contributed by atoms with Crippen molar-refractivity contribution in [2.45, 2.75) is 506 Å². The number of amides is 4. The van der Waals surface area contributed by atoms with Gasteiger partial charge in [-0.2, -0.15) is 0 Å². The van der Waals surface area contributed by atoms with Crippen molar-refractivity contribution < 1.29 is 163 Å². The van der Waals surface area contributed by atoms with Crippen LogP contribution in [0.1, 0.15) is 469 Å². The smallest absolute Gasteiger partial charge is 0.756 e. The third kappa shape index (κ3) is 97.7. The molecule has 0 aromatic rings. The maximum absolute atomic E-state index is 14.0. The van der Waals surface area contributed by atoms with Gasteiger partial charge in [0, 0.05) is 51.6 Å². The summed E-state index contributed by atoms with van der Waals surface area (Å²) >= 11 is 0. The van der Waals surface area contributed by atoms with E-state index in [9.17, 15) is 57.3 Å². The van der Waals surface area contributed by atoms with E-state index in [-0.39, 0.29) is 171 Å². The molecule has 0 aliphatic carbocycles. The molecule has 0 radical (unpaired) electrons. The number of unbranched alkanes of at least 4 members (excludes halogenated alkanes) is 36. The molecule has 776 valence electrons. The second kappa shape index (κ2) is 104. The normalized spacial score (nSPS) is 13.6. The number of nitrogens with one attached hydrogen (secondary N) is 4. The van der Waals surface area contributed by atoms with Crippen molar-refractivity contribution in [3.05, 3.63) is 48.6 Å². The molecule has 0 saturated carbocycles. The predicted molar refractivity (Wildman–Crippen MR) is 534 cm³/mol. The molecule has 30 heteroatoms. The first kappa shape index (κ1) is 142. The molecule has 0 bridgehead atoms. The van der Waals surface area contributed by atoms with Crippen molar-refractivity contribution >= 4 is 63.2 Å². The van der Waals surface area contributed by atoms with Crippen LogP contribution < -0.4 is 90.2 Å². The van der Waals surface area contributed by atoms with Crippen LogP contribution in [0, 0.1) is 0 Å². The minimum absolute atomic E-state index is 0. The van der Waals surface area contributed by atoms with Gasteiger partial charge in [-0.1, -0.05) is 306 Å². The van der Waals surface area contributed by atoms with Crippen LogP contribution in [0.4, 0.5) is 0 Å². The Morgan fingerprint density at radius 1 is 0.276 bits per heavy atom. The minimum Gasteiger partial charge on any atom is -0.756 e. The van der Waals surface area contributed by atoms with Crippen LogP contribution in [-0.4, -0.2) is 150 Å². The fourth-order valence-electron chi connectivity index (χ4n) is 14.5. The van der Waals surface area contributed by atoms with Crippen molar-refractivity contribution in [3.8, 4) is 0 Å². The zero-order valence-corrected chi connectivity index (χ0v) is 90.0. The van der Waals surface area contributed by atoms with Crippen molar-refractivity contribution in [1.82, 2.24) is 21.3 Å². The zero-order valence-electron chi connectivity index (χ0n) is 84.2. The second-order valence-corrected chi connectivity index (χ2v) is 37.6. The summed E-state index contributed by atoms with van der Waals surface area (Å²) in [7, 11) is -10.3. The average Bonchev–Trinajstić information content (AvgIpc) is 0.900. The molecule has 0 aliphatic rings. The molecule has 4 amide bonds. The first-order valence-corrected chi connectivity index (χ1v) is 54.4. The Kier molecular flexibility index (Phi) is 110. The standard InChI is InChI=1S/C101H186N4O22P2.3CH4.2Na/c1-9-17-25-33-37-41-45-53-61-69-98(110)124-90(65-57-49-29-21-13-5)73-77-118-84-88(104-96(108)81-92(67-59-51-31-23-15-7)126-100(112)71-63-55-47-43-39-35-27-19-11-3)86-122-128(114,115)120-79-75-102-94(106)83-95(107)103-76-80-121-129(116,117)123-87-89(85-119-78-74-91(66-58-50-30-22-14-6)125-99(111)70-62-54-46-42-38-34-26-18-10-2)105-97(109)82-93(68-60-52-32-24-16-8)127-101(113)72-64-56-48-44-40-36-28-20-12-4;;;;;/h41-48,88-93H,9-40,49-87H2,1-8H3,(H,102,106)(H,103,107)(H,104,108)(H,105,109)(H,114,115)(H,116,117);3*1H4;;/q;;;;2*+1/p-2/b45-41-,46-42-,47-43-,48-44-;;;;;/t88?,89?,90-,91-,92-,93-;;;;;/m1...../s1. The number of allylic oxidation sites excluding steroid dienone is 8. The Balaban J connectivity index is -0.00000819. The minimum atomic E-state index is -5.14. The van der Waals surface area contributed by atoms with E-state index < -0.39 is 121 Å². The number of hydrogen-bond acceptors (Lipinski definition) is 22. The second-order valence-electron chi connectivity index (χ2n) is 34.8. The van der Waals surface area contributed by atoms with E-state index in [0.29, 0.717) is 64.2 Å². The number of carbonyl (C=O) groups excluding carboxylic acids is 8. The molecule has 0 heterocycles. The van der Waals surface area contributed by atoms with Crippen LogP contribution in [0.25, 0.3) is 0 Å². The Bertz CT molecular complexity index is 2780. The summed E-state index contributed by atoms with van der Waals surface area (Å²) in [5.41, 5.74) is 0. The molecule has 134 heavy (non-hydrogen) atoms. The maximum atomic E-state index is 14.0. The van der Waals surface area contributed by atoms with Gasteiger partial charge in [-0.05, 0) is 154 Å². The molecule has 0 aliphatic heterocycles. The summed E-state index contributed by atoms with van der Waals surface area (Å²) in [5.74, 6) is -4.09. The van der Waals surface area contributed by atoms with Gasteiger partial charge in [0.05, 0.1) is 77.8 Å². The number of phosphoric acid groups is 2. The fraction of sp³-hybridized carbons (Fsp3) is 0.846. The zero-order chi connectivity index (χ0) is 94.8. The van der Waals surface area contributed by atoms with Crippen molar-refractivity contribution in [2.75, 3.05) is 65.9 Å². The van der Waals surface area contributed by atoms with Crippen LogP contribution in [-0.2, 0) is 94.0 Å². The van der Waals surface area contributed by atoms with Crippen LogP contribution in [0.2, 0.25) is 0 Å². The van der Waals surface area contributed by atoms with Crippen molar-refractivity contribution in [2.24, 2.45) is 0 Å². The topological polar surface area (TPSA) is 357 Å². The summed E-state index contributed by atoms with van der Waals surface area (Å²) < 4.78 is 83.7. The maximum Gasteiger partial charge on any atom is 1.00 e. The van der Waals surface area contributed by atoms with Crippen molar-refractivity contribution in [1.29, 1.82) is 0 Å². The number of esters is 4. The molecule has 4 N–H and O–H groups in total. The van der Waals surface area contributed by atoms with Crippen LogP contribution >= 0.6 is 15.6 Å².